The molecule has 11 heteroatoms. The number of sulfonamides is 1. The number of hydrogen-bond acceptors (Lipinski definition) is 6. The first-order chi connectivity index (χ1) is 15.8. The normalized spacial score (nSPS) is 14.4. The van der Waals surface area contributed by atoms with Crippen molar-refractivity contribution < 1.29 is 22.7 Å². The van der Waals surface area contributed by atoms with Crippen molar-refractivity contribution in [3.8, 4) is 5.88 Å². The first-order valence-corrected chi connectivity index (χ1v) is 12.5. The van der Waals surface area contributed by atoms with Gasteiger partial charge in [0, 0.05) is 18.8 Å². The molecular weight excluding hydrogens is 468 g/mol. The fourth-order valence-electron chi connectivity index (χ4n) is 3.65. The number of aromatic nitrogens is 1. The number of carbonyl (C=O) groups excluding carboxylic acids is 2. The Balaban J connectivity index is 1.51. The first-order valence-electron chi connectivity index (χ1n) is 10.7. The van der Waals surface area contributed by atoms with Crippen LogP contribution in [0.3, 0.4) is 0 Å². The average molecular weight is 495 g/mol. The van der Waals surface area contributed by atoms with Crippen LogP contribution in [0.15, 0.2) is 41.4 Å². The fourth-order valence-corrected chi connectivity index (χ4v) is 4.72. The molecule has 1 aliphatic rings. The first kappa shape index (κ1) is 24.8. The standard InChI is InChI=1S/C22H27ClN4O5S/c1-32-21-19(13-16(23)14-25-21)20(28)24-12-11-15-7-9-18(10-8-15)33(30,31)27-22(29)26-17-5-3-2-4-6-17/h7-10,13-14,17H,2-6,11-12H2,1H3,(H,24,28)(H2,26,27,29). The van der Waals surface area contributed by atoms with Crippen molar-refractivity contribution in [2.24, 2.45) is 0 Å². The maximum absolute atomic E-state index is 12.5. The quantitative estimate of drug-likeness (QED) is 0.517. The minimum Gasteiger partial charge on any atom is -0.480 e. The smallest absolute Gasteiger partial charge is 0.328 e. The molecule has 1 aliphatic carbocycles. The van der Waals surface area contributed by atoms with Gasteiger partial charge in [0.25, 0.3) is 15.9 Å². The lowest BCUT2D eigenvalue weighted by molar-refractivity contribution is 0.0950. The predicted octanol–water partition coefficient (Wildman–Crippen LogP) is 3.04. The van der Waals surface area contributed by atoms with E-state index in [4.69, 9.17) is 16.3 Å². The van der Waals surface area contributed by atoms with Gasteiger partial charge in [-0.2, -0.15) is 0 Å². The SMILES string of the molecule is COc1ncc(Cl)cc1C(=O)NCCc1ccc(S(=O)(=O)NC(=O)NC2CCCCC2)cc1. The lowest BCUT2D eigenvalue weighted by Gasteiger charge is -2.22. The van der Waals surface area contributed by atoms with Crippen LogP contribution in [-0.2, 0) is 16.4 Å². The number of halogens is 1. The highest BCUT2D eigenvalue weighted by Crippen LogP contribution is 2.19. The van der Waals surface area contributed by atoms with Gasteiger partial charge in [-0.15, -0.1) is 0 Å². The summed E-state index contributed by atoms with van der Waals surface area (Å²) in [5, 5.41) is 5.80. The van der Waals surface area contributed by atoms with Gasteiger partial charge in [-0.05, 0) is 43.0 Å². The number of amides is 3. The van der Waals surface area contributed by atoms with Crippen molar-refractivity contribution in [3.63, 3.8) is 0 Å². The molecule has 0 radical (unpaired) electrons. The fraction of sp³-hybridized carbons (Fsp3) is 0.409. The van der Waals surface area contributed by atoms with Crippen LogP contribution in [0.2, 0.25) is 5.02 Å². The van der Waals surface area contributed by atoms with E-state index in [1.54, 1.807) is 12.1 Å². The van der Waals surface area contributed by atoms with E-state index in [1.807, 2.05) is 0 Å². The second-order valence-electron chi connectivity index (χ2n) is 7.77. The summed E-state index contributed by atoms with van der Waals surface area (Å²) in [5.74, 6) is -0.208. The highest BCUT2D eigenvalue weighted by molar-refractivity contribution is 7.90. The third kappa shape index (κ3) is 7.06. The molecular formula is C22H27ClN4O5S. The molecule has 0 saturated heterocycles. The Labute approximate surface area is 198 Å². The number of methoxy groups -OCH3 is 1. The van der Waals surface area contributed by atoms with E-state index >= 15 is 0 Å². The maximum Gasteiger partial charge on any atom is 0.328 e. The Bertz CT molecular complexity index is 1090. The molecule has 9 nitrogen and oxygen atoms in total. The largest absolute Gasteiger partial charge is 0.480 e. The van der Waals surface area contributed by atoms with Gasteiger partial charge in [0.05, 0.1) is 17.0 Å². The van der Waals surface area contributed by atoms with Gasteiger partial charge in [0.15, 0.2) is 0 Å². The Hall–Kier alpha value is -2.85. The lowest BCUT2D eigenvalue weighted by atomic mass is 9.96. The minimum atomic E-state index is -3.97. The van der Waals surface area contributed by atoms with Crippen LogP contribution in [0.5, 0.6) is 5.88 Å². The van der Waals surface area contributed by atoms with Crippen molar-refractivity contribution >= 4 is 33.6 Å². The molecule has 1 heterocycles. The van der Waals surface area contributed by atoms with E-state index in [9.17, 15) is 18.0 Å². The highest BCUT2D eigenvalue weighted by atomic mass is 35.5. The van der Waals surface area contributed by atoms with Gasteiger partial charge in [-0.1, -0.05) is 43.0 Å². The lowest BCUT2D eigenvalue weighted by Crippen LogP contribution is -2.45. The van der Waals surface area contributed by atoms with Gasteiger partial charge in [-0.3, -0.25) is 4.79 Å². The number of nitrogens with zero attached hydrogens (tertiary/aromatic N) is 1. The molecule has 178 valence electrons. The van der Waals surface area contributed by atoms with E-state index in [1.165, 1.54) is 31.5 Å². The molecule has 33 heavy (non-hydrogen) atoms. The zero-order valence-corrected chi connectivity index (χ0v) is 19.8. The molecule has 0 atom stereocenters. The van der Waals surface area contributed by atoms with Crippen molar-refractivity contribution in [3.05, 3.63) is 52.7 Å². The minimum absolute atomic E-state index is 0.00852. The number of ether oxygens (including phenoxy) is 1. The molecule has 3 amide bonds. The summed E-state index contributed by atoms with van der Waals surface area (Å²) < 4.78 is 32.1. The number of rotatable bonds is 8. The Morgan fingerprint density at radius 1 is 1.15 bits per heavy atom. The Morgan fingerprint density at radius 2 is 1.85 bits per heavy atom. The molecule has 0 bridgehead atoms. The third-order valence-electron chi connectivity index (χ3n) is 5.36. The molecule has 0 aliphatic heterocycles. The molecule has 1 aromatic carbocycles. The van der Waals surface area contributed by atoms with Crippen LogP contribution in [0.1, 0.15) is 48.0 Å². The Kier molecular flexibility index (Phi) is 8.51. The van der Waals surface area contributed by atoms with Crippen LogP contribution in [0.4, 0.5) is 4.79 Å². The van der Waals surface area contributed by atoms with Gasteiger partial charge < -0.3 is 15.4 Å². The van der Waals surface area contributed by atoms with Crippen molar-refractivity contribution in [1.29, 1.82) is 0 Å². The summed E-state index contributed by atoms with van der Waals surface area (Å²) >= 11 is 5.90. The Morgan fingerprint density at radius 3 is 2.52 bits per heavy atom. The molecule has 0 spiro atoms. The summed E-state index contributed by atoms with van der Waals surface area (Å²) in [7, 11) is -2.56. The third-order valence-corrected chi connectivity index (χ3v) is 6.91. The number of nitrogens with one attached hydrogen (secondary N) is 3. The van der Waals surface area contributed by atoms with Crippen LogP contribution in [0, 0.1) is 0 Å². The van der Waals surface area contributed by atoms with Crippen molar-refractivity contribution in [2.75, 3.05) is 13.7 Å². The topological polar surface area (TPSA) is 126 Å². The number of urea groups is 1. The average Bonchev–Trinajstić information content (AvgIpc) is 2.79. The predicted molar refractivity (Wildman–Crippen MR) is 124 cm³/mol. The summed E-state index contributed by atoms with van der Waals surface area (Å²) in [5.41, 5.74) is 1.04. The van der Waals surface area contributed by atoms with Crippen LogP contribution < -0.4 is 20.1 Å². The summed E-state index contributed by atoms with van der Waals surface area (Å²) in [4.78, 5) is 28.4. The van der Waals surface area contributed by atoms with Gasteiger partial charge in [0.1, 0.15) is 5.56 Å². The van der Waals surface area contributed by atoms with Crippen LogP contribution in [0.25, 0.3) is 0 Å². The monoisotopic (exact) mass is 494 g/mol. The van der Waals surface area contributed by atoms with E-state index in [-0.39, 0.29) is 28.3 Å². The maximum atomic E-state index is 12.5. The zero-order chi connectivity index (χ0) is 23.8. The second kappa shape index (κ2) is 11.3. The molecule has 0 unspecified atom stereocenters. The second-order valence-corrected chi connectivity index (χ2v) is 9.89. The zero-order valence-electron chi connectivity index (χ0n) is 18.3. The van der Waals surface area contributed by atoms with Crippen molar-refractivity contribution in [1.82, 2.24) is 20.3 Å². The van der Waals surface area contributed by atoms with E-state index in [0.29, 0.717) is 18.0 Å². The molecule has 3 rings (SSSR count). The molecule has 1 saturated carbocycles. The van der Waals surface area contributed by atoms with Gasteiger partial charge >= 0.3 is 6.03 Å². The van der Waals surface area contributed by atoms with Gasteiger partial charge in [0.2, 0.25) is 5.88 Å². The van der Waals surface area contributed by atoms with E-state index < -0.39 is 16.1 Å². The molecule has 2 aromatic rings. The van der Waals surface area contributed by atoms with Crippen LogP contribution >= 0.6 is 11.6 Å². The van der Waals surface area contributed by atoms with Crippen LogP contribution in [-0.4, -0.2) is 45.0 Å². The van der Waals surface area contributed by atoms with E-state index in [0.717, 1.165) is 37.7 Å². The summed E-state index contributed by atoms with van der Waals surface area (Å²) in [6.07, 6.45) is 6.78. The number of hydrogen-bond donors (Lipinski definition) is 3. The molecule has 1 aromatic heterocycles. The number of benzene rings is 1. The molecule has 3 N–H and O–H groups in total. The number of pyridine rings is 1. The van der Waals surface area contributed by atoms with Gasteiger partial charge in [-0.25, -0.2) is 22.9 Å². The summed E-state index contributed by atoms with van der Waals surface area (Å²) in [6, 6.07) is 6.91. The molecule has 1 fully saturated rings. The van der Waals surface area contributed by atoms with Crippen molar-refractivity contribution in [2.45, 2.75) is 49.5 Å². The highest BCUT2D eigenvalue weighted by Gasteiger charge is 2.21. The number of carbonyl (C=O) groups is 2. The summed E-state index contributed by atoms with van der Waals surface area (Å²) in [6.45, 7) is 0.308. The van der Waals surface area contributed by atoms with E-state index in [2.05, 4.69) is 20.3 Å².